The molecule has 1 aliphatic heterocycles. The van der Waals surface area contributed by atoms with Gasteiger partial charge in [0, 0.05) is 12.3 Å². The number of alkyl halides is 1. The number of aliphatic hydroxyl groups excluding tert-OH is 1. The van der Waals surface area contributed by atoms with Gasteiger partial charge >= 0.3 is 5.97 Å². The van der Waals surface area contributed by atoms with Crippen LogP contribution in [0.1, 0.15) is 65.2 Å². The Morgan fingerprint density at radius 1 is 1.41 bits per heavy atom. The quantitative estimate of drug-likeness (QED) is 0.337. The number of methoxy groups -OCH3 is 1. The zero-order valence-corrected chi connectivity index (χ0v) is 16.9. The molecule has 154 valence electrons. The van der Waals surface area contributed by atoms with Crippen LogP contribution in [0, 0.1) is 17.8 Å². The molecule has 4 nitrogen and oxygen atoms in total. The lowest BCUT2D eigenvalue weighted by atomic mass is 9.86. The zero-order chi connectivity index (χ0) is 19.8. The smallest absolute Gasteiger partial charge is 0.305 e. The summed E-state index contributed by atoms with van der Waals surface area (Å²) < 4.78 is 25.5. The first-order chi connectivity index (χ1) is 13.0. The molecule has 2 aliphatic rings. The highest BCUT2D eigenvalue weighted by atomic mass is 19.1. The molecule has 0 amide bonds. The Morgan fingerprint density at radius 2 is 2.19 bits per heavy atom. The van der Waals surface area contributed by atoms with Gasteiger partial charge in [-0.3, -0.25) is 4.79 Å². The van der Waals surface area contributed by atoms with E-state index in [0.717, 1.165) is 32.1 Å². The van der Waals surface area contributed by atoms with Crippen LogP contribution in [0.5, 0.6) is 0 Å². The third-order valence-corrected chi connectivity index (χ3v) is 5.85. The van der Waals surface area contributed by atoms with Gasteiger partial charge in [0.15, 0.2) is 6.17 Å². The van der Waals surface area contributed by atoms with Crippen LogP contribution in [0.4, 0.5) is 4.39 Å². The molecule has 1 saturated carbocycles. The lowest BCUT2D eigenvalue weighted by Crippen LogP contribution is -2.22. The Hall–Kier alpha value is -1.36. The van der Waals surface area contributed by atoms with Crippen LogP contribution in [0.25, 0.3) is 0 Å². The second kappa shape index (κ2) is 10.8. The summed E-state index contributed by atoms with van der Waals surface area (Å²) in [5.74, 6) is 0.436. The number of unbranched alkanes of at least 4 members (excludes halogenated alkanes) is 3. The lowest BCUT2D eigenvalue weighted by molar-refractivity contribution is -0.140. The zero-order valence-electron chi connectivity index (χ0n) is 16.9. The number of carbonyl (C=O) groups excluding carboxylic acids is 1. The van der Waals surface area contributed by atoms with Crippen molar-refractivity contribution < 1.29 is 23.8 Å². The Balaban J connectivity index is 1.89. The van der Waals surface area contributed by atoms with Crippen molar-refractivity contribution in [3.8, 4) is 0 Å². The van der Waals surface area contributed by atoms with E-state index in [4.69, 9.17) is 4.74 Å². The highest BCUT2D eigenvalue weighted by Crippen LogP contribution is 2.49. The van der Waals surface area contributed by atoms with E-state index in [2.05, 4.69) is 18.6 Å². The minimum Gasteiger partial charge on any atom is -0.492 e. The molecule has 1 unspecified atom stereocenters. The highest BCUT2D eigenvalue weighted by Gasteiger charge is 2.52. The fourth-order valence-electron chi connectivity index (χ4n) is 4.28. The molecule has 1 N–H and O–H groups in total. The van der Waals surface area contributed by atoms with E-state index in [1.54, 1.807) is 6.08 Å². The number of allylic oxidation sites excluding steroid dienone is 3. The van der Waals surface area contributed by atoms with Gasteiger partial charge in [-0.1, -0.05) is 45.3 Å². The van der Waals surface area contributed by atoms with Crippen molar-refractivity contribution in [2.24, 2.45) is 17.8 Å². The maximum Gasteiger partial charge on any atom is 0.305 e. The number of hydrogen-bond donors (Lipinski definition) is 1. The van der Waals surface area contributed by atoms with Crippen LogP contribution in [0.15, 0.2) is 24.0 Å². The molecule has 0 aromatic heterocycles. The predicted octanol–water partition coefficient (Wildman–Crippen LogP) is 4.72. The van der Waals surface area contributed by atoms with Crippen LogP contribution < -0.4 is 0 Å². The Morgan fingerprint density at radius 3 is 2.89 bits per heavy atom. The Kier molecular flexibility index (Phi) is 8.81. The van der Waals surface area contributed by atoms with Crippen LogP contribution in [0.3, 0.4) is 0 Å². The monoisotopic (exact) mass is 382 g/mol. The molecule has 0 radical (unpaired) electrons. The van der Waals surface area contributed by atoms with Gasteiger partial charge in [0.05, 0.1) is 13.2 Å². The molecule has 1 saturated heterocycles. The van der Waals surface area contributed by atoms with Crippen molar-refractivity contribution in [3.63, 3.8) is 0 Å². The Bertz CT molecular complexity index is 530. The van der Waals surface area contributed by atoms with Gasteiger partial charge in [-0.2, -0.15) is 0 Å². The predicted molar refractivity (Wildman–Crippen MR) is 104 cm³/mol. The van der Waals surface area contributed by atoms with E-state index in [1.165, 1.54) is 7.11 Å². The number of ether oxygens (including phenoxy) is 2. The van der Waals surface area contributed by atoms with E-state index in [0.29, 0.717) is 30.9 Å². The van der Waals surface area contributed by atoms with Gasteiger partial charge in [0.25, 0.3) is 0 Å². The van der Waals surface area contributed by atoms with E-state index in [-0.39, 0.29) is 23.9 Å². The SMILES string of the molecule is CCCCC[C@H](O)/C=C/[C@@H]1[C@H]2C(F)/C(=C/CCCC(=O)OC)O[C@H]2C[C@H]1C. The molecule has 27 heavy (non-hydrogen) atoms. The summed E-state index contributed by atoms with van der Waals surface area (Å²) in [6.45, 7) is 4.28. The number of rotatable bonds is 10. The maximum atomic E-state index is 15.0. The van der Waals surface area contributed by atoms with Crippen LogP contribution in [-0.4, -0.2) is 36.6 Å². The first-order valence-corrected chi connectivity index (χ1v) is 10.4. The first-order valence-electron chi connectivity index (χ1n) is 10.4. The lowest BCUT2D eigenvalue weighted by Gasteiger charge is -2.19. The number of hydrogen-bond acceptors (Lipinski definition) is 4. The molecule has 0 bridgehead atoms. The normalized spacial score (nSPS) is 32.6. The average molecular weight is 383 g/mol. The van der Waals surface area contributed by atoms with Gasteiger partial charge in [-0.15, -0.1) is 0 Å². The fraction of sp³-hybridized carbons (Fsp3) is 0.773. The number of carbonyl (C=O) groups is 1. The maximum absolute atomic E-state index is 15.0. The topological polar surface area (TPSA) is 55.8 Å². The molecule has 6 atom stereocenters. The summed E-state index contributed by atoms with van der Waals surface area (Å²) in [6.07, 6.45) is 10.5. The molecule has 0 spiro atoms. The minimum atomic E-state index is -1.11. The summed E-state index contributed by atoms with van der Waals surface area (Å²) in [4.78, 5) is 11.1. The summed E-state index contributed by atoms with van der Waals surface area (Å²) in [5.41, 5.74) is 0. The molecule has 5 heteroatoms. The third kappa shape index (κ3) is 6.06. The highest BCUT2D eigenvalue weighted by molar-refractivity contribution is 5.69. The number of halogens is 1. The summed E-state index contributed by atoms with van der Waals surface area (Å²) in [6, 6.07) is 0. The van der Waals surface area contributed by atoms with Crippen molar-refractivity contribution in [2.45, 2.75) is 83.6 Å². The van der Waals surface area contributed by atoms with Gasteiger partial charge in [-0.25, -0.2) is 4.39 Å². The Labute approximate surface area is 162 Å². The molecule has 0 aromatic rings. The van der Waals surface area contributed by atoms with E-state index in [1.807, 2.05) is 12.2 Å². The number of aliphatic hydroxyl groups is 1. The van der Waals surface area contributed by atoms with Gasteiger partial charge in [0.2, 0.25) is 0 Å². The van der Waals surface area contributed by atoms with Crippen LogP contribution in [0.2, 0.25) is 0 Å². The second-order valence-electron chi connectivity index (χ2n) is 7.95. The summed E-state index contributed by atoms with van der Waals surface area (Å²) in [5, 5.41) is 10.1. The van der Waals surface area contributed by atoms with E-state index >= 15 is 4.39 Å². The summed E-state index contributed by atoms with van der Waals surface area (Å²) in [7, 11) is 1.37. The number of esters is 1. The minimum absolute atomic E-state index is 0.0891. The standard InChI is InChI=1S/C22H35FO4/c1-4-5-6-9-16(24)12-13-17-15(2)14-19-21(17)22(23)18(27-19)10-7-8-11-20(25)26-3/h10,12-13,15-17,19,21-22,24H,4-9,11,14H2,1-3H3/b13-12+,18-10-/t15-,16+,17+,19+,21-,22?/m1/s1. The van der Waals surface area contributed by atoms with Gasteiger partial charge < -0.3 is 14.6 Å². The molecule has 1 aliphatic carbocycles. The number of fused-ring (bicyclic) bond motifs is 1. The first kappa shape index (κ1) is 21.9. The van der Waals surface area contributed by atoms with Crippen molar-refractivity contribution >= 4 is 5.97 Å². The summed E-state index contributed by atoms with van der Waals surface area (Å²) >= 11 is 0. The van der Waals surface area contributed by atoms with E-state index in [9.17, 15) is 9.90 Å². The molecule has 0 aromatic carbocycles. The van der Waals surface area contributed by atoms with Crippen molar-refractivity contribution in [2.75, 3.05) is 7.11 Å². The van der Waals surface area contributed by atoms with E-state index < -0.39 is 12.3 Å². The van der Waals surface area contributed by atoms with Crippen LogP contribution in [-0.2, 0) is 14.3 Å². The fourth-order valence-corrected chi connectivity index (χ4v) is 4.28. The molecule has 1 heterocycles. The van der Waals surface area contributed by atoms with Gasteiger partial charge in [-0.05, 0) is 43.6 Å². The second-order valence-corrected chi connectivity index (χ2v) is 7.95. The van der Waals surface area contributed by atoms with Crippen molar-refractivity contribution in [3.05, 3.63) is 24.0 Å². The average Bonchev–Trinajstić information content (AvgIpc) is 3.12. The molecule has 2 fully saturated rings. The van der Waals surface area contributed by atoms with Crippen molar-refractivity contribution in [1.82, 2.24) is 0 Å². The van der Waals surface area contributed by atoms with Gasteiger partial charge in [0.1, 0.15) is 11.9 Å². The molecular formula is C22H35FO4. The van der Waals surface area contributed by atoms with Crippen molar-refractivity contribution in [1.29, 1.82) is 0 Å². The largest absolute Gasteiger partial charge is 0.492 e. The third-order valence-electron chi connectivity index (χ3n) is 5.85. The molecule has 2 rings (SSSR count). The molecular weight excluding hydrogens is 347 g/mol. The van der Waals surface area contributed by atoms with Crippen LogP contribution >= 0.6 is 0 Å².